The van der Waals surface area contributed by atoms with E-state index in [2.05, 4.69) is 47.8 Å². The van der Waals surface area contributed by atoms with Crippen LogP contribution < -0.4 is 5.32 Å². The van der Waals surface area contributed by atoms with Gasteiger partial charge in [0.25, 0.3) is 0 Å². The molecule has 4 nitrogen and oxygen atoms in total. The van der Waals surface area contributed by atoms with Gasteiger partial charge in [0.1, 0.15) is 11.6 Å². The molecule has 0 aliphatic carbocycles. The monoisotopic (exact) mass is 236 g/mol. The maximum atomic E-state index is 4.39. The van der Waals surface area contributed by atoms with Crippen LogP contribution in [0.25, 0.3) is 0 Å². The highest BCUT2D eigenvalue weighted by atomic mass is 15.3. The molecule has 4 heteroatoms. The van der Waals surface area contributed by atoms with Gasteiger partial charge in [-0.3, -0.25) is 0 Å². The molecule has 1 aliphatic heterocycles. The Morgan fingerprint density at radius 3 is 2.76 bits per heavy atom. The van der Waals surface area contributed by atoms with Crippen LogP contribution in [-0.2, 0) is 13.0 Å². The van der Waals surface area contributed by atoms with Gasteiger partial charge in [0.05, 0.1) is 6.04 Å². The molecule has 2 heterocycles. The van der Waals surface area contributed by atoms with Crippen LogP contribution in [-0.4, -0.2) is 21.3 Å². The van der Waals surface area contributed by atoms with Crippen LogP contribution in [0.1, 0.15) is 58.2 Å². The third-order valence-corrected chi connectivity index (χ3v) is 3.16. The number of hydrogen-bond acceptors (Lipinski definition) is 3. The smallest absolute Gasteiger partial charge is 0.150 e. The predicted octanol–water partition coefficient (Wildman–Crippen LogP) is 2.31. The highest BCUT2D eigenvalue weighted by Crippen LogP contribution is 2.25. The Labute approximate surface area is 104 Å². The Balaban J connectivity index is 2.22. The minimum atomic E-state index is 0.273. The first-order chi connectivity index (χ1) is 8.01. The van der Waals surface area contributed by atoms with Gasteiger partial charge < -0.3 is 9.88 Å². The summed E-state index contributed by atoms with van der Waals surface area (Å²) in [6, 6.07) is 0.398. The van der Waals surface area contributed by atoms with Crippen LogP contribution in [0.3, 0.4) is 0 Å². The lowest BCUT2D eigenvalue weighted by molar-refractivity contribution is 0.361. The quantitative estimate of drug-likeness (QED) is 0.875. The standard InChI is InChI=1S/C13H24N4/c1-5-6-10-12-16-15-11(9-13(2,3)4)17(12)8-7-14-10/h10,14H,5-9H2,1-4H3. The van der Waals surface area contributed by atoms with Crippen molar-refractivity contribution in [1.29, 1.82) is 0 Å². The number of aromatic nitrogens is 3. The molecule has 0 bridgehead atoms. The Hall–Kier alpha value is -0.900. The van der Waals surface area contributed by atoms with Crippen LogP contribution in [0, 0.1) is 5.41 Å². The zero-order chi connectivity index (χ0) is 12.5. The average molecular weight is 236 g/mol. The summed E-state index contributed by atoms with van der Waals surface area (Å²) < 4.78 is 2.32. The van der Waals surface area contributed by atoms with Gasteiger partial charge in [0.15, 0.2) is 0 Å². The Morgan fingerprint density at radius 2 is 2.12 bits per heavy atom. The number of nitrogens with one attached hydrogen (secondary N) is 1. The van der Waals surface area contributed by atoms with Crippen molar-refractivity contribution in [2.45, 2.75) is 59.5 Å². The molecule has 1 unspecified atom stereocenters. The van der Waals surface area contributed by atoms with Crippen molar-refractivity contribution in [1.82, 2.24) is 20.1 Å². The first-order valence-electron chi connectivity index (χ1n) is 6.66. The third-order valence-electron chi connectivity index (χ3n) is 3.16. The Kier molecular flexibility index (Phi) is 3.52. The lowest BCUT2D eigenvalue weighted by atomic mass is 9.92. The maximum absolute atomic E-state index is 4.39. The van der Waals surface area contributed by atoms with E-state index in [1.54, 1.807) is 0 Å². The van der Waals surface area contributed by atoms with Crippen LogP contribution in [0.15, 0.2) is 0 Å². The van der Waals surface area contributed by atoms with Crippen LogP contribution >= 0.6 is 0 Å². The van der Waals surface area contributed by atoms with Gasteiger partial charge in [0, 0.05) is 19.5 Å². The molecule has 1 aromatic heterocycles. The molecule has 0 amide bonds. The van der Waals surface area contributed by atoms with Crippen molar-refractivity contribution in [2.75, 3.05) is 6.54 Å². The van der Waals surface area contributed by atoms with E-state index < -0.39 is 0 Å². The van der Waals surface area contributed by atoms with Gasteiger partial charge in [-0.2, -0.15) is 0 Å². The second-order valence-corrected chi connectivity index (χ2v) is 6.16. The second kappa shape index (κ2) is 4.77. The fraction of sp³-hybridized carbons (Fsp3) is 0.846. The summed E-state index contributed by atoms with van der Waals surface area (Å²) in [5.74, 6) is 2.28. The SMILES string of the molecule is CCCC1NCCn2c(CC(C)(C)C)nnc21. The second-order valence-electron chi connectivity index (χ2n) is 6.16. The van der Waals surface area contributed by atoms with Crippen molar-refractivity contribution >= 4 is 0 Å². The molecular formula is C13H24N4. The van der Waals surface area contributed by atoms with E-state index in [1.807, 2.05) is 0 Å². The summed E-state index contributed by atoms with van der Waals surface area (Å²) in [4.78, 5) is 0. The number of nitrogens with zero attached hydrogens (tertiary/aromatic N) is 3. The minimum absolute atomic E-state index is 0.273. The molecule has 2 rings (SSSR count). The van der Waals surface area contributed by atoms with Crippen LogP contribution in [0.5, 0.6) is 0 Å². The Bertz CT molecular complexity index is 375. The van der Waals surface area contributed by atoms with E-state index in [0.717, 1.165) is 37.6 Å². The van der Waals surface area contributed by atoms with E-state index in [-0.39, 0.29) is 5.41 Å². The van der Waals surface area contributed by atoms with Crippen LogP contribution in [0.4, 0.5) is 0 Å². The van der Waals surface area contributed by atoms with Gasteiger partial charge in [-0.25, -0.2) is 0 Å². The van der Waals surface area contributed by atoms with Crippen molar-refractivity contribution < 1.29 is 0 Å². The molecule has 0 spiro atoms. The zero-order valence-electron chi connectivity index (χ0n) is 11.5. The molecule has 1 aliphatic rings. The summed E-state index contributed by atoms with van der Waals surface area (Å²) in [6.45, 7) is 11.0. The average Bonchev–Trinajstić information content (AvgIpc) is 2.61. The first-order valence-corrected chi connectivity index (χ1v) is 6.66. The van der Waals surface area contributed by atoms with Crippen molar-refractivity contribution in [3.63, 3.8) is 0 Å². The highest BCUT2D eigenvalue weighted by Gasteiger charge is 2.25. The number of hydrogen-bond donors (Lipinski definition) is 1. The largest absolute Gasteiger partial charge is 0.312 e. The fourth-order valence-corrected chi connectivity index (χ4v) is 2.42. The summed E-state index contributed by atoms with van der Waals surface area (Å²) in [6.07, 6.45) is 3.33. The summed E-state index contributed by atoms with van der Waals surface area (Å²) in [5.41, 5.74) is 0.273. The third kappa shape index (κ3) is 2.86. The van der Waals surface area contributed by atoms with Gasteiger partial charge in [-0.05, 0) is 11.8 Å². The fourth-order valence-electron chi connectivity index (χ4n) is 2.42. The first kappa shape index (κ1) is 12.6. The molecule has 1 atom stereocenters. The minimum Gasteiger partial charge on any atom is -0.312 e. The van der Waals surface area contributed by atoms with Gasteiger partial charge in [0.2, 0.25) is 0 Å². The van der Waals surface area contributed by atoms with E-state index in [4.69, 9.17) is 0 Å². The molecule has 0 aromatic carbocycles. The van der Waals surface area contributed by atoms with E-state index in [9.17, 15) is 0 Å². The lowest BCUT2D eigenvalue weighted by Gasteiger charge is -2.26. The molecule has 1 aromatic rings. The zero-order valence-corrected chi connectivity index (χ0v) is 11.5. The molecule has 0 fully saturated rings. The van der Waals surface area contributed by atoms with Gasteiger partial charge in [-0.15, -0.1) is 10.2 Å². The summed E-state index contributed by atoms with van der Waals surface area (Å²) in [5, 5.41) is 12.3. The van der Waals surface area contributed by atoms with E-state index in [0.29, 0.717) is 6.04 Å². The predicted molar refractivity (Wildman–Crippen MR) is 68.8 cm³/mol. The van der Waals surface area contributed by atoms with Gasteiger partial charge in [-0.1, -0.05) is 34.1 Å². The van der Waals surface area contributed by atoms with Crippen molar-refractivity contribution in [3.05, 3.63) is 11.6 Å². The van der Waals surface area contributed by atoms with E-state index in [1.165, 1.54) is 6.42 Å². The molecule has 0 saturated heterocycles. The molecule has 0 saturated carbocycles. The number of fused-ring (bicyclic) bond motifs is 1. The lowest BCUT2D eigenvalue weighted by Crippen LogP contribution is -2.34. The highest BCUT2D eigenvalue weighted by molar-refractivity contribution is 5.05. The van der Waals surface area contributed by atoms with Crippen molar-refractivity contribution in [2.24, 2.45) is 5.41 Å². The molecule has 96 valence electrons. The summed E-state index contributed by atoms with van der Waals surface area (Å²) >= 11 is 0. The summed E-state index contributed by atoms with van der Waals surface area (Å²) in [7, 11) is 0. The molecule has 1 N–H and O–H groups in total. The number of rotatable bonds is 3. The van der Waals surface area contributed by atoms with Crippen molar-refractivity contribution in [3.8, 4) is 0 Å². The van der Waals surface area contributed by atoms with Crippen LogP contribution in [0.2, 0.25) is 0 Å². The molecular weight excluding hydrogens is 212 g/mol. The van der Waals surface area contributed by atoms with Gasteiger partial charge >= 0.3 is 0 Å². The topological polar surface area (TPSA) is 42.7 Å². The van der Waals surface area contributed by atoms with E-state index >= 15 is 0 Å². The maximum Gasteiger partial charge on any atom is 0.150 e. The normalized spacial score (nSPS) is 20.4. The molecule has 0 radical (unpaired) electrons. The Morgan fingerprint density at radius 1 is 1.35 bits per heavy atom. The molecule has 17 heavy (non-hydrogen) atoms.